The molecule has 140 valence electrons. The standard InChI is InChI=1S/C19H22F2N2O3/c1-10-4-3-5-16(22-10)23(2)15-9-12(18(25)19(15)26)17(24)11-6-7-13(20)14(21)8-11/h3-8,12,15,17-19,24-26H,9H2,1-2H3/t12-,15-,17+,18-,19+/m1/s1. The summed E-state index contributed by atoms with van der Waals surface area (Å²) in [6.07, 6.45) is -3.25. The van der Waals surface area contributed by atoms with Gasteiger partial charge in [0.05, 0.1) is 18.2 Å². The van der Waals surface area contributed by atoms with Crippen molar-refractivity contribution in [3.05, 3.63) is 59.3 Å². The number of benzene rings is 1. The molecule has 5 nitrogen and oxygen atoms in total. The van der Waals surface area contributed by atoms with Crippen LogP contribution in [0.1, 0.15) is 23.8 Å². The molecule has 3 rings (SSSR count). The van der Waals surface area contributed by atoms with E-state index in [0.29, 0.717) is 5.82 Å². The van der Waals surface area contributed by atoms with E-state index < -0.39 is 41.9 Å². The molecule has 1 aliphatic rings. The van der Waals surface area contributed by atoms with Gasteiger partial charge in [-0.25, -0.2) is 13.8 Å². The molecule has 0 spiro atoms. The molecule has 1 heterocycles. The maximum Gasteiger partial charge on any atom is 0.159 e. The SMILES string of the molecule is Cc1cccc(N(C)[C@@H]2C[C@H]([C@@H](O)c3ccc(F)c(F)c3)[C@@H](O)[C@H]2O)n1. The molecule has 1 aromatic heterocycles. The van der Waals surface area contributed by atoms with Crippen LogP contribution < -0.4 is 4.90 Å². The predicted octanol–water partition coefficient (Wildman–Crippen LogP) is 1.95. The van der Waals surface area contributed by atoms with Crippen molar-refractivity contribution in [3.8, 4) is 0 Å². The summed E-state index contributed by atoms with van der Waals surface area (Å²) in [4.78, 5) is 6.17. The zero-order valence-electron chi connectivity index (χ0n) is 14.5. The third-order valence-corrected chi connectivity index (χ3v) is 5.12. The molecule has 7 heteroatoms. The minimum Gasteiger partial charge on any atom is -0.390 e. The fourth-order valence-corrected chi connectivity index (χ4v) is 3.58. The predicted molar refractivity (Wildman–Crippen MR) is 92.6 cm³/mol. The summed E-state index contributed by atoms with van der Waals surface area (Å²) in [5.41, 5.74) is 0.984. The van der Waals surface area contributed by atoms with Crippen LogP contribution in [-0.4, -0.2) is 45.6 Å². The molecule has 1 aliphatic carbocycles. The van der Waals surface area contributed by atoms with Crippen molar-refractivity contribution in [1.82, 2.24) is 4.98 Å². The summed E-state index contributed by atoms with van der Waals surface area (Å²) in [6.45, 7) is 1.85. The fourth-order valence-electron chi connectivity index (χ4n) is 3.58. The number of aliphatic hydroxyl groups is 3. The molecule has 3 N–H and O–H groups in total. The van der Waals surface area contributed by atoms with Crippen molar-refractivity contribution in [1.29, 1.82) is 0 Å². The molecule has 0 saturated heterocycles. The van der Waals surface area contributed by atoms with Crippen LogP contribution >= 0.6 is 0 Å². The summed E-state index contributed by atoms with van der Waals surface area (Å²) in [7, 11) is 1.76. The summed E-state index contributed by atoms with van der Waals surface area (Å²) in [6, 6.07) is 8.16. The normalized spacial score (nSPS) is 26.7. The van der Waals surface area contributed by atoms with E-state index in [2.05, 4.69) is 4.98 Å². The highest BCUT2D eigenvalue weighted by Crippen LogP contribution is 2.39. The molecular formula is C19H22F2N2O3. The number of nitrogens with zero attached hydrogens (tertiary/aromatic N) is 2. The van der Waals surface area contributed by atoms with Gasteiger partial charge in [-0.05, 0) is 43.2 Å². The topological polar surface area (TPSA) is 76.8 Å². The van der Waals surface area contributed by atoms with Crippen molar-refractivity contribution in [3.63, 3.8) is 0 Å². The number of aromatic nitrogens is 1. The van der Waals surface area contributed by atoms with Crippen LogP contribution in [0.25, 0.3) is 0 Å². The van der Waals surface area contributed by atoms with Gasteiger partial charge in [0, 0.05) is 18.7 Å². The molecule has 5 atom stereocenters. The number of halogens is 2. The Morgan fingerprint density at radius 2 is 1.85 bits per heavy atom. The number of likely N-dealkylation sites (N-methyl/N-ethyl adjacent to an activating group) is 1. The average Bonchev–Trinajstić information content (AvgIpc) is 2.91. The minimum absolute atomic E-state index is 0.164. The Bertz CT molecular complexity index is 789. The molecule has 0 unspecified atom stereocenters. The van der Waals surface area contributed by atoms with Gasteiger partial charge in [-0.3, -0.25) is 0 Å². The van der Waals surface area contributed by atoms with Gasteiger partial charge >= 0.3 is 0 Å². The van der Waals surface area contributed by atoms with Crippen LogP contribution in [0, 0.1) is 24.5 Å². The van der Waals surface area contributed by atoms with Crippen LogP contribution in [-0.2, 0) is 0 Å². The summed E-state index contributed by atoms with van der Waals surface area (Å²) in [5.74, 6) is -2.14. The van der Waals surface area contributed by atoms with E-state index in [1.165, 1.54) is 6.07 Å². The van der Waals surface area contributed by atoms with Gasteiger partial charge in [0.1, 0.15) is 11.9 Å². The molecule has 0 bridgehead atoms. The Hall–Kier alpha value is -2.09. The van der Waals surface area contributed by atoms with Gasteiger partial charge < -0.3 is 20.2 Å². The lowest BCUT2D eigenvalue weighted by Gasteiger charge is -2.28. The largest absolute Gasteiger partial charge is 0.390 e. The van der Waals surface area contributed by atoms with Crippen LogP contribution in [0.5, 0.6) is 0 Å². The average molecular weight is 364 g/mol. The first-order chi connectivity index (χ1) is 12.3. The summed E-state index contributed by atoms with van der Waals surface area (Å²) < 4.78 is 26.6. The number of rotatable bonds is 4. The van der Waals surface area contributed by atoms with Crippen molar-refractivity contribution in [2.24, 2.45) is 5.92 Å². The van der Waals surface area contributed by atoms with Gasteiger partial charge in [0.2, 0.25) is 0 Å². The van der Waals surface area contributed by atoms with Gasteiger partial charge in [0.15, 0.2) is 11.6 Å². The van der Waals surface area contributed by atoms with Gasteiger partial charge in [-0.1, -0.05) is 12.1 Å². The third-order valence-electron chi connectivity index (χ3n) is 5.12. The van der Waals surface area contributed by atoms with Crippen molar-refractivity contribution in [2.75, 3.05) is 11.9 Å². The van der Waals surface area contributed by atoms with E-state index in [4.69, 9.17) is 0 Å². The van der Waals surface area contributed by atoms with E-state index in [1.54, 1.807) is 18.0 Å². The number of anilines is 1. The number of aryl methyl sites for hydroxylation is 1. The molecule has 0 radical (unpaired) electrons. The molecule has 26 heavy (non-hydrogen) atoms. The quantitative estimate of drug-likeness (QED) is 0.773. The van der Waals surface area contributed by atoms with E-state index in [9.17, 15) is 24.1 Å². The van der Waals surface area contributed by atoms with Crippen LogP contribution in [0.2, 0.25) is 0 Å². The highest BCUT2D eigenvalue weighted by atomic mass is 19.2. The third kappa shape index (κ3) is 3.42. The van der Waals surface area contributed by atoms with E-state index in [0.717, 1.165) is 17.8 Å². The summed E-state index contributed by atoms with van der Waals surface area (Å²) >= 11 is 0. The molecule has 2 aromatic rings. The molecule has 0 amide bonds. The van der Waals surface area contributed by atoms with Crippen molar-refractivity contribution < 1.29 is 24.1 Å². The first kappa shape index (κ1) is 18.7. The van der Waals surface area contributed by atoms with Crippen LogP contribution in [0.3, 0.4) is 0 Å². The number of pyridine rings is 1. The van der Waals surface area contributed by atoms with E-state index in [-0.39, 0.29) is 12.0 Å². The summed E-state index contributed by atoms with van der Waals surface area (Å²) in [5, 5.41) is 31.4. The van der Waals surface area contributed by atoms with E-state index in [1.807, 2.05) is 19.1 Å². The molecular weight excluding hydrogens is 342 g/mol. The Morgan fingerprint density at radius 1 is 1.12 bits per heavy atom. The van der Waals surface area contributed by atoms with Crippen LogP contribution in [0.15, 0.2) is 36.4 Å². The maximum atomic E-state index is 13.4. The molecule has 0 aliphatic heterocycles. The van der Waals surface area contributed by atoms with Crippen LogP contribution in [0.4, 0.5) is 14.6 Å². The first-order valence-electron chi connectivity index (χ1n) is 8.45. The number of hydrogen-bond donors (Lipinski definition) is 3. The highest BCUT2D eigenvalue weighted by Gasteiger charge is 2.46. The molecule has 1 aromatic carbocycles. The lowest BCUT2D eigenvalue weighted by atomic mass is 9.92. The lowest BCUT2D eigenvalue weighted by Crippen LogP contribution is -2.41. The second kappa shape index (κ2) is 7.26. The Balaban J connectivity index is 1.81. The Kier molecular flexibility index (Phi) is 5.22. The molecule has 1 saturated carbocycles. The zero-order chi connectivity index (χ0) is 19.0. The van der Waals surface area contributed by atoms with Gasteiger partial charge in [-0.2, -0.15) is 0 Å². The van der Waals surface area contributed by atoms with E-state index >= 15 is 0 Å². The molecule has 1 fully saturated rings. The first-order valence-corrected chi connectivity index (χ1v) is 8.45. The fraction of sp³-hybridized carbons (Fsp3) is 0.421. The van der Waals surface area contributed by atoms with Gasteiger partial charge in [-0.15, -0.1) is 0 Å². The zero-order valence-corrected chi connectivity index (χ0v) is 14.5. The second-order valence-corrected chi connectivity index (χ2v) is 6.81. The Labute approximate surface area is 150 Å². The number of hydrogen-bond acceptors (Lipinski definition) is 5. The van der Waals surface area contributed by atoms with Crippen molar-refractivity contribution >= 4 is 5.82 Å². The van der Waals surface area contributed by atoms with Gasteiger partial charge in [0.25, 0.3) is 0 Å². The Morgan fingerprint density at radius 3 is 2.50 bits per heavy atom. The minimum atomic E-state index is -1.22. The number of aliphatic hydroxyl groups excluding tert-OH is 3. The smallest absolute Gasteiger partial charge is 0.159 e. The highest BCUT2D eigenvalue weighted by molar-refractivity contribution is 5.40. The second-order valence-electron chi connectivity index (χ2n) is 6.81. The maximum absolute atomic E-state index is 13.4. The monoisotopic (exact) mass is 364 g/mol. The lowest BCUT2D eigenvalue weighted by molar-refractivity contribution is -0.0232. The van der Waals surface area contributed by atoms with Crippen molar-refractivity contribution in [2.45, 2.75) is 37.7 Å².